The Labute approximate surface area is 194 Å². The lowest BCUT2D eigenvalue weighted by Crippen LogP contribution is -2.29. The summed E-state index contributed by atoms with van der Waals surface area (Å²) in [6.07, 6.45) is 3.23. The monoisotopic (exact) mass is 455 g/mol. The molecule has 1 N–H and O–H groups in total. The van der Waals surface area contributed by atoms with Crippen LogP contribution in [0.1, 0.15) is 33.9 Å². The zero-order valence-corrected chi connectivity index (χ0v) is 19.2. The van der Waals surface area contributed by atoms with E-state index in [-0.39, 0.29) is 11.3 Å². The number of rotatable bonds is 3. The van der Waals surface area contributed by atoms with Crippen molar-refractivity contribution >= 4 is 44.1 Å². The summed E-state index contributed by atoms with van der Waals surface area (Å²) in [5.74, 6) is -1.65. The van der Waals surface area contributed by atoms with Crippen LogP contribution in [0.25, 0.3) is 16.0 Å². The number of amides is 1. The molecule has 0 spiro atoms. The summed E-state index contributed by atoms with van der Waals surface area (Å²) in [6, 6.07) is 14.2. The van der Waals surface area contributed by atoms with Crippen LogP contribution in [0, 0.1) is 20.8 Å². The highest BCUT2D eigenvalue weighted by atomic mass is 32.1. The predicted molar refractivity (Wildman–Crippen MR) is 129 cm³/mol. The van der Waals surface area contributed by atoms with Gasteiger partial charge in [-0.3, -0.25) is 19.5 Å². The number of benzene rings is 2. The lowest BCUT2D eigenvalue weighted by Gasteiger charge is -2.22. The van der Waals surface area contributed by atoms with E-state index in [9.17, 15) is 14.7 Å². The number of fused-ring (bicyclic) bond motifs is 1. The molecular weight excluding hydrogens is 434 g/mol. The van der Waals surface area contributed by atoms with Crippen LogP contribution < -0.4 is 4.90 Å². The van der Waals surface area contributed by atoms with Crippen molar-refractivity contribution in [2.24, 2.45) is 0 Å². The molecule has 1 fully saturated rings. The van der Waals surface area contributed by atoms with Crippen LogP contribution in [0.5, 0.6) is 0 Å². The van der Waals surface area contributed by atoms with Gasteiger partial charge in [-0.2, -0.15) is 0 Å². The predicted octanol–water partition coefficient (Wildman–Crippen LogP) is 5.24. The van der Waals surface area contributed by atoms with Gasteiger partial charge in [0.05, 0.1) is 21.8 Å². The summed E-state index contributed by atoms with van der Waals surface area (Å²) in [7, 11) is 0. The fraction of sp³-hybridized carbons (Fsp3) is 0.154. The van der Waals surface area contributed by atoms with Gasteiger partial charge >= 0.3 is 5.91 Å². The number of thiazole rings is 1. The van der Waals surface area contributed by atoms with Gasteiger partial charge in [-0.25, -0.2) is 4.98 Å². The standard InChI is InChI=1S/C26H21N3O3S/c1-14-6-8-16(3)18(11-14)23(30)21-22(17-5-4-10-27-13-17)29(25(32)24(21)31)26-28-19-9-7-15(2)12-20(19)33-26/h4-13,22,30H,1-3H3. The second kappa shape index (κ2) is 7.94. The zero-order chi connectivity index (χ0) is 23.3. The molecule has 1 unspecified atom stereocenters. The molecule has 3 heterocycles. The van der Waals surface area contributed by atoms with Gasteiger partial charge in [0.1, 0.15) is 5.76 Å². The number of aliphatic hydroxyl groups is 1. The topological polar surface area (TPSA) is 83.4 Å². The number of anilines is 1. The Morgan fingerprint density at radius 3 is 2.55 bits per heavy atom. The number of aromatic nitrogens is 2. The van der Waals surface area contributed by atoms with Crippen LogP contribution in [0.2, 0.25) is 0 Å². The third kappa shape index (κ3) is 3.50. The van der Waals surface area contributed by atoms with Crippen molar-refractivity contribution in [1.82, 2.24) is 9.97 Å². The zero-order valence-electron chi connectivity index (χ0n) is 18.4. The van der Waals surface area contributed by atoms with E-state index >= 15 is 0 Å². The van der Waals surface area contributed by atoms with Gasteiger partial charge in [-0.05, 0) is 61.7 Å². The summed E-state index contributed by atoms with van der Waals surface area (Å²) in [4.78, 5) is 36.8. The Balaban J connectivity index is 1.75. The molecule has 5 rings (SSSR count). The molecule has 4 aromatic rings. The highest BCUT2D eigenvalue weighted by Gasteiger charge is 2.48. The maximum absolute atomic E-state index is 13.3. The van der Waals surface area contributed by atoms with E-state index < -0.39 is 17.7 Å². The molecule has 7 heteroatoms. The van der Waals surface area contributed by atoms with Crippen LogP contribution in [0.3, 0.4) is 0 Å². The number of Topliss-reactive ketones (excluding diaryl/α,β-unsaturated/α-hetero) is 1. The summed E-state index contributed by atoms with van der Waals surface area (Å²) < 4.78 is 0.923. The highest BCUT2D eigenvalue weighted by molar-refractivity contribution is 7.22. The van der Waals surface area contributed by atoms with Crippen molar-refractivity contribution < 1.29 is 14.7 Å². The molecule has 0 radical (unpaired) electrons. The first-order valence-electron chi connectivity index (χ1n) is 10.5. The molecule has 0 saturated carbocycles. The Bertz CT molecular complexity index is 1460. The van der Waals surface area contributed by atoms with Crippen molar-refractivity contribution in [1.29, 1.82) is 0 Å². The molecule has 33 heavy (non-hydrogen) atoms. The number of nitrogens with zero attached hydrogens (tertiary/aromatic N) is 3. The highest BCUT2D eigenvalue weighted by Crippen LogP contribution is 2.44. The molecular formula is C26H21N3O3S. The molecule has 1 atom stereocenters. The first kappa shape index (κ1) is 21.0. The summed E-state index contributed by atoms with van der Waals surface area (Å²) in [5.41, 5.74) is 4.78. The summed E-state index contributed by atoms with van der Waals surface area (Å²) in [6.45, 7) is 5.76. The normalized spacial score (nSPS) is 17.8. The second-order valence-electron chi connectivity index (χ2n) is 8.24. The number of carbonyl (C=O) groups excluding carboxylic acids is 2. The van der Waals surface area contributed by atoms with E-state index in [0.29, 0.717) is 16.3 Å². The summed E-state index contributed by atoms with van der Waals surface area (Å²) in [5, 5.41) is 11.7. The molecule has 0 bridgehead atoms. The van der Waals surface area contributed by atoms with Crippen LogP contribution >= 0.6 is 11.3 Å². The van der Waals surface area contributed by atoms with E-state index in [1.807, 2.05) is 57.2 Å². The van der Waals surface area contributed by atoms with Crippen LogP contribution in [0.15, 0.2) is 66.5 Å². The smallest absolute Gasteiger partial charge is 0.301 e. The molecule has 1 saturated heterocycles. The van der Waals surface area contributed by atoms with E-state index in [2.05, 4.69) is 9.97 Å². The van der Waals surface area contributed by atoms with E-state index in [0.717, 1.165) is 26.9 Å². The first-order chi connectivity index (χ1) is 15.8. The fourth-order valence-corrected chi connectivity index (χ4v) is 5.23. The van der Waals surface area contributed by atoms with Gasteiger partial charge in [0.2, 0.25) is 0 Å². The average Bonchev–Trinajstić information content (AvgIpc) is 3.33. The van der Waals surface area contributed by atoms with E-state index in [4.69, 9.17) is 0 Å². The number of hydrogen-bond donors (Lipinski definition) is 1. The molecule has 1 amide bonds. The molecule has 0 aliphatic carbocycles. The van der Waals surface area contributed by atoms with E-state index in [1.165, 1.54) is 16.2 Å². The molecule has 2 aromatic heterocycles. The largest absolute Gasteiger partial charge is 0.507 e. The maximum Gasteiger partial charge on any atom is 0.301 e. The molecule has 6 nitrogen and oxygen atoms in total. The minimum atomic E-state index is -0.833. The molecule has 2 aromatic carbocycles. The van der Waals surface area contributed by atoms with Gasteiger partial charge in [0.25, 0.3) is 5.78 Å². The van der Waals surface area contributed by atoms with Gasteiger partial charge < -0.3 is 5.11 Å². The molecule has 164 valence electrons. The Morgan fingerprint density at radius 2 is 1.79 bits per heavy atom. The Morgan fingerprint density at radius 1 is 1.03 bits per heavy atom. The third-order valence-corrected chi connectivity index (χ3v) is 6.85. The van der Waals surface area contributed by atoms with Crippen molar-refractivity contribution in [2.45, 2.75) is 26.8 Å². The quantitative estimate of drug-likeness (QED) is 0.259. The molecule has 1 aliphatic rings. The number of pyridine rings is 1. The van der Waals surface area contributed by atoms with Crippen LogP contribution in [-0.2, 0) is 9.59 Å². The van der Waals surface area contributed by atoms with Crippen LogP contribution in [-0.4, -0.2) is 26.8 Å². The van der Waals surface area contributed by atoms with Crippen molar-refractivity contribution in [3.8, 4) is 0 Å². The SMILES string of the molecule is Cc1ccc(C)c(C(O)=C2C(=O)C(=O)N(c3nc4ccc(C)cc4s3)C2c2cccnc2)c1. The number of aryl methyl sites for hydroxylation is 3. The van der Waals surface area contributed by atoms with Gasteiger partial charge in [-0.1, -0.05) is 41.2 Å². The van der Waals surface area contributed by atoms with Crippen LogP contribution in [0.4, 0.5) is 5.13 Å². The number of ketones is 1. The maximum atomic E-state index is 13.3. The van der Waals surface area contributed by atoms with Gasteiger partial charge in [0, 0.05) is 18.0 Å². The van der Waals surface area contributed by atoms with Gasteiger partial charge in [0.15, 0.2) is 5.13 Å². The minimum absolute atomic E-state index is 0.0390. The average molecular weight is 456 g/mol. The van der Waals surface area contributed by atoms with Crippen molar-refractivity contribution in [3.05, 3.63) is 94.3 Å². The summed E-state index contributed by atoms with van der Waals surface area (Å²) >= 11 is 1.35. The van der Waals surface area contributed by atoms with Crippen molar-refractivity contribution in [3.63, 3.8) is 0 Å². The number of aliphatic hydroxyl groups excluding tert-OH is 1. The lowest BCUT2D eigenvalue weighted by molar-refractivity contribution is -0.132. The Hall–Kier alpha value is -3.84. The minimum Gasteiger partial charge on any atom is -0.507 e. The van der Waals surface area contributed by atoms with Gasteiger partial charge in [-0.15, -0.1) is 0 Å². The lowest BCUT2D eigenvalue weighted by atomic mass is 9.94. The third-order valence-electron chi connectivity index (χ3n) is 5.83. The number of carbonyl (C=O) groups is 2. The van der Waals surface area contributed by atoms with Crippen molar-refractivity contribution in [2.75, 3.05) is 4.90 Å². The fourth-order valence-electron chi connectivity index (χ4n) is 4.14. The Kier molecular flexibility index (Phi) is 5.06. The number of hydrogen-bond acceptors (Lipinski definition) is 6. The molecule has 1 aliphatic heterocycles. The van der Waals surface area contributed by atoms with E-state index in [1.54, 1.807) is 24.5 Å². The second-order valence-corrected chi connectivity index (χ2v) is 9.25. The first-order valence-corrected chi connectivity index (χ1v) is 11.3.